The van der Waals surface area contributed by atoms with E-state index in [2.05, 4.69) is 38.2 Å². The summed E-state index contributed by atoms with van der Waals surface area (Å²) in [7, 11) is 0. The smallest absolute Gasteiger partial charge is 0.257 e. The normalized spacial score (nSPS) is 10.8. The van der Waals surface area contributed by atoms with Crippen LogP contribution in [0.25, 0.3) is 22.6 Å². The number of hydrogen-bond donors (Lipinski definition) is 2. The molecule has 0 aliphatic heterocycles. The Bertz CT molecular complexity index is 1510. The van der Waals surface area contributed by atoms with Gasteiger partial charge in [0.2, 0.25) is 5.89 Å². The van der Waals surface area contributed by atoms with Gasteiger partial charge in [-0.2, -0.15) is 0 Å². The molecule has 0 spiro atoms. The molecule has 0 saturated carbocycles. The van der Waals surface area contributed by atoms with Gasteiger partial charge in [0.1, 0.15) is 5.52 Å². The summed E-state index contributed by atoms with van der Waals surface area (Å²) in [4.78, 5) is 29.7. The number of anilines is 2. The highest BCUT2D eigenvalue weighted by Gasteiger charge is 2.13. The number of nitrogens with one attached hydrogen (secondary N) is 2. The lowest BCUT2D eigenvalue weighted by atomic mass is 10.1. The van der Waals surface area contributed by atoms with Crippen molar-refractivity contribution in [3.8, 4) is 11.5 Å². The Kier molecular flexibility index (Phi) is 6.52. The van der Waals surface area contributed by atoms with Gasteiger partial charge in [0, 0.05) is 26.1 Å². The van der Waals surface area contributed by atoms with Crippen LogP contribution >= 0.6 is 34.2 Å². The fourth-order valence-electron chi connectivity index (χ4n) is 3.47. The van der Waals surface area contributed by atoms with Gasteiger partial charge in [-0.25, -0.2) is 4.98 Å². The summed E-state index contributed by atoms with van der Waals surface area (Å²) in [5, 5.41) is 6.04. The third-order valence-electron chi connectivity index (χ3n) is 5.26. The van der Waals surface area contributed by atoms with Crippen LogP contribution in [0.3, 0.4) is 0 Å². The first-order valence-corrected chi connectivity index (χ1v) is 12.1. The third kappa shape index (κ3) is 5.21. The Morgan fingerprint density at radius 1 is 0.800 bits per heavy atom. The molecule has 0 aliphatic carbocycles. The van der Waals surface area contributed by atoms with Crippen LogP contribution in [0.1, 0.15) is 20.7 Å². The predicted octanol–water partition coefficient (Wildman–Crippen LogP) is 7.26. The standard InChI is InChI=1S/C27H17ClIN3O3/c28-22-14-9-18(29)15-21(22)26(34)31-20-10-5-16(6-11-20)25(33)30-19-12-7-17(8-13-19)27-32-23-3-1-2-4-24(23)35-27/h1-15H,(H,30,33)(H,31,34). The Balaban J connectivity index is 1.23. The summed E-state index contributed by atoms with van der Waals surface area (Å²) in [5.74, 6) is -0.0592. The molecule has 0 unspecified atom stereocenters. The summed E-state index contributed by atoms with van der Waals surface area (Å²) in [6.07, 6.45) is 0. The second kappa shape index (κ2) is 9.89. The minimum Gasteiger partial charge on any atom is -0.436 e. The van der Waals surface area contributed by atoms with Gasteiger partial charge in [0.25, 0.3) is 11.8 Å². The van der Waals surface area contributed by atoms with Gasteiger partial charge in [-0.1, -0.05) is 23.7 Å². The maximum atomic E-state index is 12.7. The Labute approximate surface area is 219 Å². The van der Waals surface area contributed by atoms with Crippen molar-refractivity contribution in [1.29, 1.82) is 0 Å². The lowest BCUT2D eigenvalue weighted by molar-refractivity contribution is 0.102. The van der Waals surface area contributed by atoms with Gasteiger partial charge >= 0.3 is 0 Å². The van der Waals surface area contributed by atoms with Gasteiger partial charge < -0.3 is 15.1 Å². The minimum absolute atomic E-state index is 0.266. The second-order valence-corrected chi connectivity index (χ2v) is 9.33. The summed E-state index contributed by atoms with van der Waals surface area (Å²) >= 11 is 8.26. The van der Waals surface area contributed by atoms with Crippen molar-refractivity contribution >= 4 is 68.5 Å². The van der Waals surface area contributed by atoms with E-state index in [1.54, 1.807) is 48.5 Å². The van der Waals surface area contributed by atoms with Gasteiger partial charge in [-0.05, 0) is 101 Å². The number of hydrogen-bond acceptors (Lipinski definition) is 4. The Hall–Kier alpha value is -3.69. The number of rotatable bonds is 5. The Morgan fingerprint density at radius 2 is 1.46 bits per heavy atom. The fraction of sp³-hybridized carbons (Fsp3) is 0. The SMILES string of the molecule is O=C(Nc1ccc(-c2nc3ccccc3o2)cc1)c1ccc(NC(=O)c2cc(I)ccc2Cl)cc1. The van der Waals surface area contributed by atoms with Crippen molar-refractivity contribution in [2.45, 2.75) is 0 Å². The van der Waals surface area contributed by atoms with Crippen LogP contribution in [0.4, 0.5) is 11.4 Å². The number of fused-ring (bicyclic) bond motifs is 1. The van der Waals surface area contributed by atoms with E-state index in [4.69, 9.17) is 16.0 Å². The van der Waals surface area contributed by atoms with E-state index in [1.165, 1.54) is 0 Å². The third-order valence-corrected chi connectivity index (χ3v) is 6.26. The molecule has 2 N–H and O–H groups in total. The number of para-hydroxylation sites is 2. The van der Waals surface area contributed by atoms with E-state index in [1.807, 2.05) is 42.5 Å². The summed E-state index contributed by atoms with van der Waals surface area (Å²) in [6, 6.07) is 26.7. The van der Waals surface area contributed by atoms with Crippen molar-refractivity contribution in [1.82, 2.24) is 4.98 Å². The van der Waals surface area contributed by atoms with Gasteiger partial charge in [0.15, 0.2) is 5.58 Å². The number of amides is 2. The first kappa shape index (κ1) is 23.1. The number of carbonyl (C=O) groups excluding carboxylic acids is 2. The summed E-state index contributed by atoms with van der Waals surface area (Å²) < 4.78 is 6.70. The monoisotopic (exact) mass is 593 g/mol. The molecule has 1 heterocycles. The largest absolute Gasteiger partial charge is 0.436 e. The lowest BCUT2D eigenvalue weighted by Crippen LogP contribution is -2.14. The first-order valence-electron chi connectivity index (χ1n) is 10.6. The van der Waals surface area contributed by atoms with Crippen LogP contribution in [0.2, 0.25) is 5.02 Å². The first-order chi connectivity index (χ1) is 17.0. The van der Waals surface area contributed by atoms with Crippen LogP contribution in [0.15, 0.2) is 95.4 Å². The molecule has 35 heavy (non-hydrogen) atoms. The molecule has 172 valence electrons. The van der Waals surface area contributed by atoms with Gasteiger partial charge in [-0.3, -0.25) is 9.59 Å². The predicted molar refractivity (Wildman–Crippen MR) is 146 cm³/mol. The highest BCUT2D eigenvalue weighted by Crippen LogP contribution is 2.25. The van der Waals surface area contributed by atoms with E-state index in [-0.39, 0.29) is 11.8 Å². The van der Waals surface area contributed by atoms with E-state index < -0.39 is 0 Å². The van der Waals surface area contributed by atoms with Crippen LogP contribution < -0.4 is 10.6 Å². The number of oxazole rings is 1. The second-order valence-electron chi connectivity index (χ2n) is 7.67. The topological polar surface area (TPSA) is 84.2 Å². The van der Waals surface area contributed by atoms with Crippen LogP contribution in [-0.4, -0.2) is 16.8 Å². The van der Waals surface area contributed by atoms with E-state index in [9.17, 15) is 9.59 Å². The lowest BCUT2D eigenvalue weighted by Gasteiger charge is -2.09. The zero-order chi connectivity index (χ0) is 24.4. The fourth-order valence-corrected chi connectivity index (χ4v) is 4.16. The molecule has 5 aromatic rings. The highest BCUT2D eigenvalue weighted by molar-refractivity contribution is 14.1. The number of carbonyl (C=O) groups is 2. The number of benzene rings is 4. The van der Waals surface area contributed by atoms with E-state index >= 15 is 0 Å². The molecule has 8 heteroatoms. The van der Waals surface area contributed by atoms with E-state index in [0.29, 0.717) is 33.4 Å². The zero-order valence-electron chi connectivity index (χ0n) is 18.1. The maximum absolute atomic E-state index is 12.7. The molecule has 4 aromatic carbocycles. The molecular formula is C27H17ClIN3O3. The van der Waals surface area contributed by atoms with Crippen LogP contribution in [0.5, 0.6) is 0 Å². The van der Waals surface area contributed by atoms with Crippen molar-refractivity contribution in [3.05, 3.63) is 111 Å². The van der Waals surface area contributed by atoms with Crippen molar-refractivity contribution in [3.63, 3.8) is 0 Å². The van der Waals surface area contributed by atoms with Gasteiger partial charge in [-0.15, -0.1) is 0 Å². The number of halogens is 2. The molecule has 0 aliphatic rings. The molecule has 2 amide bonds. The molecule has 0 bridgehead atoms. The number of nitrogens with zero attached hydrogens (tertiary/aromatic N) is 1. The average molecular weight is 594 g/mol. The molecule has 6 nitrogen and oxygen atoms in total. The van der Waals surface area contributed by atoms with Crippen molar-refractivity contribution in [2.75, 3.05) is 10.6 Å². The molecule has 0 fully saturated rings. The molecule has 0 radical (unpaired) electrons. The molecule has 0 saturated heterocycles. The molecular weight excluding hydrogens is 577 g/mol. The van der Waals surface area contributed by atoms with Crippen LogP contribution in [0, 0.1) is 3.57 Å². The molecule has 1 aromatic heterocycles. The Morgan fingerprint density at radius 3 is 2.17 bits per heavy atom. The van der Waals surface area contributed by atoms with Crippen molar-refractivity contribution < 1.29 is 14.0 Å². The maximum Gasteiger partial charge on any atom is 0.257 e. The molecule has 0 atom stereocenters. The van der Waals surface area contributed by atoms with E-state index in [0.717, 1.165) is 20.2 Å². The highest BCUT2D eigenvalue weighted by atomic mass is 127. The quantitative estimate of drug-likeness (QED) is 0.210. The molecule has 5 rings (SSSR count). The summed E-state index contributed by atoms with van der Waals surface area (Å²) in [6.45, 7) is 0. The van der Waals surface area contributed by atoms with Gasteiger partial charge in [0.05, 0.1) is 10.6 Å². The van der Waals surface area contributed by atoms with Crippen molar-refractivity contribution in [2.24, 2.45) is 0 Å². The van der Waals surface area contributed by atoms with Crippen LogP contribution in [-0.2, 0) is 0 Å². The zero-order valence-corrected chi connectivity index (χ0v) is 21.0. The summed E-state index contributed by atoms with van der Waals surface area (Å²) in [5.41, 5.74) is 4.37. The minimum atomic E-state index is -0.315. The average Bonchev–Trinajstić information content (AvgIpc) is 3.31. The number of aromatic nitrogens is 1.